The molecule has 0 saturated carbocycles. The van der Waals surface area contributed by atoms with E-state index in [9.17, 15) is 4.79 Å². The van der Waals surface area contributed by atoms with Crippen LogP contribution >= 0.6 is 0 Å². The van der Waals surface area contributed by atoms with Crippen LogP contribution in [0.3, 0.4) is 0 Å². The van der Waals surface area contributed by atoms with Crippen LogP contribution in [0.2, 0.25) is 0 Å². The topological polar surface area (TPSA) is 46.9 Å². The van der Waals surface area contributed by atoms with Gasteiger partial charge in [-0.3, -0.25) is 9.48 Å². The molecule has 1 amide bonds. The van der Waals surface area contributed by atoms with Gasteiger partial charge in [0.05, 0.1) is 12.6 Å². The minimum Gasteiger partial charge on any atom is -0.344 e. The van der Waals surface area contributed by atoms with E-state index in [1.165, 1.54) is 6.08 Å². The quantitative estimate of drug-likeness (QED) is 0.813. The average molecular weight is 241 g/mol. The molecule has 0 saturated heterocycles. The van der Waals surface area contributed by atoms with E-state index >= 15 is 0 Å². The number of amides is 1. The highest BCUT2D eigenvalue weighted by Crippen LogP contribution is 2.14. The monoisotopic (exact) mass is 241 g/mol. The number of nitrogens with zero attached hydrogens (tertiary/aromatic N) is 2. The van der Waals surface area contributed by atoms with Crippen LogP contribution in [0.5, 0.6) is 0 Å². The lowest BCUT2D eigenvalue weighted by Gasteiger charge is -2.18. The highest BCUT2D eigenvalue weighted by Gasteiger charge is 2.13. The molecule has 1 atom stereocenters. The zero-order valence-electron chi connectivity index (χ0n) is 9.99. The standard InChI is InChI=1S/C14H15N3O/c1-2-14(18)16-13(11-17-10-6-9-15-17)12-7-4-3-5-8-12/h2-10,13H,1,11H2,(H,16,18). The minimum absolute atomic E-state index is 0.114. The molecule has 4 heteroatoms. The Bertz CT molecular complexity index is 505. The molecule has 1 heterocycles. The second-order valence-corrected chi connectivity index (χ2v) is 3.90. The molecule has 2 rings (SSSR count). The SMILES string of the molecule is C=CC(=O)NC(Cn1cccn1)c1ccccc1. The summed E-state index contributed by atoms with van der Waals surface area (Å²) in [7, 11) is 0. The number of aromatic nitrogens is 2. The lowest BCUT2D eigenvalue weighted by Crippen LogP contribution is -2.30. The Morgan fingerprint density at radius 3 is 2.78 bits per heavy atom. The third-order valence-corrected chi connectivity index (χ3v) is 2.63. The maximum Gasteiger partial charge on any atom is 0.243 e. The zero-order valence-corrected chi connectivity index (χ0v) is 9.99. The van der Waals surface area contributed by atoms with Crippen molar-refractivity contribution in [3.05, 3.63) is 67.0 Å². The summed E-state index contributed by atoms with van der Waals surface area (Å²) in [6.07, 6.45) is 4.87. The smallest absolute Gasteiger partial charge is 0.243 e. The van der Waals surface area contributed by atoms with Crippen LogP contribution < -0.4 is 5.32 Å². The van der Waals surface area contributed by atoms with Crippen LogP contribution in [0.4, 0.5) is 0 Å². The zero-order chi connectivity index (χ0) is 12.8. The molecule has 92 valence electrons. The van der Waals surface area contributed by atoms with E-state index in [-0.39, 0.29) is 11.9 Å². The van der Waals surface area contributed by atoms with Gasteiger partial charge in [-0.15, -0.1) is 0 Å². The maximum atomic E-state index is 11.5. The molecule has 0 spiro atoms. The fourth-order valence-electron chi connectivity index (χ4n) is 1.75. The van der Waals surface area contributed by atoms with Gasteiger partial charge in [0.15, 0.2) is 0 Å². The van der Waals surface area contributed by atoms with Crippen LogP contribution in [0.15, 0.2) is 61.4 Å². The highest BCUT2D eigenvalue weighted by molar-refractivity contribution is 5.87. The highest BCUT2D eigenvalue weighted by atomic mass is 16.1. The Morgan fingerprint density at radius 1 is 1.39 bits per heavy atom. The van der Waals surface area contributed by atoms with Crippen molar-refractivity contribution < 1.29 is 4.79 Å². The molecule has 0 fully saturated rings. The molecule has 4 nitrogen and oxygen atoms in total. The summed E-state index contributed by atoms with van der Waals surface area (Å²) in [6, 6.07) is 11.6. The van der Waals surface area contributed by atoms with Crippen molar-refractivity contribution in [1.29, 1.82) is 0 Å². The first kappa shape index (κ1) is 12.1. The molecule has 1 aromatic carbocycles. The lowest BCUT2D eigenvalue weighted by molar-refractivity contribution is -0.117. The normalized spacial score (nSPS) is 11.8. The van der Waals surface area contributed by atoms with Crippen LogP contribution in [0.25, 0.3) is 0 Å². The van der Waals surface area contributed by atoms with E-state index in [1.54, 1.807) is 10.9 Å². The Hall–Kier alpha value is -2.36. The van der Waals surface area contributed by atoms with Gasteiger partial charge in [0, 0.05) is 12.4 Å². The predicted molar refractivity (Wildman–Crippen MR) is 69.7 cm³/mol. The number of carbonyl (C=O) groups excluding carboxylic acids is 1. The first-order chi connectivity index (χ1) is 8.79. The summed E-state index contributed by atoms with van der Waals surface area (Å²) in [5.41, 5.74) is 1.04. The third-order valence-electron chi connectivity index (χ3n) is 2.63. The van der Waals surface area contributed by atoms with Crippen LogP contribution in [-0.2, 0) is 11.3 Å². The summed E-state index contributed by atoms with van der Waals surface area (Å²) in [6.45, 7) is 4.06. The predicted octanol–water partition coefficient (Wildman–Crippen LogP) is 1.93. The summed E-state index contributed by atoms with van der Waals surface area (Å²) >= 11 is 0. The summed E-state index contributed by atoms with van der Waals surface area (Å²) in [5.74, 6) is -0.184. The number of carbonyl (C=O) groups is 1. The molecule has 18 heavy (non-hydrogen) atoms. The second kappa shape index (κ2) is 5.82. The molecule has 1 N–H and O–H groups in total. The van der Waals surface area contributed by atoms with Gasteiger partial charge in [0.1, 0.15) is 0 Å². The van der Waals surface area contributed by atoms with Gasteiger partial charge in [-0.25, -0.2) is 0 Å². The van der Waals surface area contributed by atoms with E-state index in [4.69, 9.17) is 0 Å². The Morgan fingerprint density at radius 2 is 2.17 bits per heavy atom. The third kappa shape index (κ3) is 3.07. The number of hydrogen-bond acceptors (Lipinski definition) is 2. The van der Waals surface area contributed by atoms with Crippen molar-refractivity contribution in [3.63, 3.8) is 0 Å². The van der Waals surface area contributed by atoms with Crippen molar-refractivity contribution in [2.75, 3.05) is 0 Å². The molecule has 1 aromatic heterocycles. The maximum absolute atomic E-state index is 11.5. The molecule has 0 aliphatic rings. The van der Waals surface area contributed by atoms with Crippen LogP contribution in [0, 0.1) is 0 Å². The first-order valence-electron chi connectivity index (χ1n) is 5.75. The van der Waals surface area contributed by atoms with E-state index in [0.29, 0.717) is 6.54 Å². The molecule has 0 bridgehead atoms. The minimum atomic E-state index is -0.184. The number of nitrogens with one attached hydrogen (secondary N) is 1. The lowest BCUT2D eigenvalue weighted by atomic mass is 10.1. The fourth-order valence-corrected chi connectivity index (χ4v) is 1.75. The Kier molecular flexibility index (Phi) is 3.91. The van der Waals surface area contributed by atoms with Gasteiger partial charge in [-0.2, -0.15) is 5.10 Å². The Labute approximate surface area is 106 Å². The van der Waals surface area contributed by atoms with Crippen molar-refractivity contribution in [3.8, 4) is 0 Å². The van der Waals surface area contributed by atoms with Crippen molar-refractivity contribution in [1.82, 2.24) is 15.1 Å². The summed E-state index contributed by atoms with van der Waals surface area (Å²) in [4.78, 5) is 11.5. The molecule has 0 aliphatic carbocycles. The van der Waals surface area contributed by atoms with Gasteiger partial charge in [-0.05, 0) is 17.7 Å². The number of rotatable bonds is 5. The largest absolute Gasteiger partial charge is 0.344 e. The molecule has 2 aromatic rings. The van der Waals surface area contributed by atoms with Crippen molar-refractivity contribution in [2.45, 2.75) is 12.6 Å². The summed E-state index contributed by atoms with van der Waals surface area (Å²) in [5, 5.41) is 7.06. The average Bonchev–Trinajstić information content (AvgIpc) is 2.92. The van der Waals surface area contributed by atoms with Crippen LogP contribution in [-0.4, -0.2) is 15.7 Å². The molecular weight excluding hydrogens is 226 g/mol. The summed E-state index contributed by atoms with van der Waals surface area (Å²) < 4.78 is 1.79. The van der Waals surface area contributed by atoms with Gasteiger partial charge in [-0.1, -0.05) is 36.9 Å². The molecule has 0 radical (unpaired) electrons. The van der Waals surface area contributed by atoms with E-state index in [0.717, 1.165) is 5.56 Å². The van der Waals surface area contributed by atoms with E-state index < -0.39 is 0 Å². The van der Waals surface area contributed by atoms with Crippen molar-refractivity contribution in [2.24, 2.45) is 0 Å². The Balaban J connectivity index is 2.17. The van der Waals surface area contributed by atoms with Gasteiger partial charge in [0.2, 0.25) is 5.91 Å². The molecule has 0 aliphatic heterocycles. The van der Waals surface area contributed by atoms with E-state index in [2.05, 4.69) is 17.0 Å². The number of hydrogen-bond donors (Lipinski definition) is 1. The van der Waals surface area contributed by atoms with Gasteiger partial charge < -0.3 is 5.32 Å². The fraction of sp³-hybridized carbons (Fsp3) is 0.143. The van der Waals surface area contributed by atoms with Crippen molar-refractivity contribution >= 4 is 5.91 Å². The van der Waals surface area contributed by atoms with Crippen LogP contribution in [0.1, 0.15) is 11.6 Å². The second-order valence-electron chi connectivity index (χ2n) is 3.90. The molecule has 1 unspecified atom stereocenters. The van der Waals surface area contributed by atoms with E-state index in [1.807, 2.05) is 42.6 Å². The van der Waals surface area contributed by atoms with Gasteiger partial charge in [0.25, 0.3) is 0 Å². The number of benzene rings is 1. The first-order valence-corrected chi connectivity index (χ1v) is 5.75. The van der Waals surface area contributed by atoms with Gasteiger partial charge >= 0.3 is 0 Å². The molecular formula is C14H15N3O.